The van der Waals surface area contributed by atoms with Crippen molar-refractivity contribution in [3.8, 4) is 0 Å². The van der Waals surface area contributed by atoms with Crippen molar-refractivity contribution in [2.24, 2.45) is 0 Å². The minimum absolute atomic E-state index is 0.353. The molecule has 1 heterocycles. The molecular weight excluding hydrogens is 131 g/mol. The van der Waals surface area contributed by atoms with Crippen LogP contribution < -0.4 is 0 Å². The van der Waals surface area contributed by atoms with Crippen molar-refractivity contribution in [3.05, 3.63) is 0 Å². The van der Waals surface area contributed by atoms with E-state index in [9.17, 15) is 0 Å². The fourth-order valence-corrected chi connectivity index (χ4v) is 1.45. The van der Waals surface area contributed by atoms with Crippen molar-refractivity contribution < 1.29 is 9.47 Å². The number of ether oxygens (including phenoxy) is 2. The molecule has 1 saturated heterocycles. The van der Waals surface area contributed by atoms with Crippen LogP contribution in [0.3, 0.4) is 0 Å². The third-order valence-electron chi connectivity index (χ3n) is 0.637. The van der Waals surface area contributed by atoms with Crippen molar-refractivity contribution in [1.29, 1.82) is 0 Å². The largest absolute Gasteiger partial charge is 0.312 e. The Bertz CT molecular complexity index is 77.0. The fraction of sp³-hybridized carbons (Fsp3) is 1.00. The average molecular weight is 137 g/mol. The van der Waals surface area contributed by atoms with Gasteiger partial charge in [-0.25, -0.2) is 0 Å². The molecule has 0 bridgehead atoms. The number of rotatable bonds is 0. The molecule has 2 nitrogen and oxygen atoms in total. The monoisotopic (exact) mass is 137 g/mol. The standard InChI is InChI=1S/C3H6O2PS/c7-6-2-4-1-5-3-6/h1-3H2/q+1. The van der Waals surface area contributed by atoms with Gasteiger partial charge in [0.05, 0.1) is 0 Å². The average Bonchev–Trinajstić information content (AvgIpc) is 1.69. The lowest BCUT2D eigenvalue weighted by Crippen LogP contribution is -2.05. The summed E-state index contributed by atoms with van der Waals surface area (Å²) in [6.45, 7) is 0.0872. The molecule has 0 amide bonds. The van der Waals surface area contributed by atoms with Gasteiger partial charge in [0.25, 0.3) is 0 Å². The topological polar surface area (TPSA) is 18.5 Å². The zero-order valence-electron chi connectivity index (χ0n) is 3.79. The van der Waals surface area contributed by atoms with E-state index >= 15 is 0 Å². The lowest BCUT2D eigenvalue weighted by Gasteiger charge is -2.02. The summed E-state index contributed by atoms with van der Waals surface area (Å²) in [5, 5.41) is 0. The van der Waals surface area contributed by atoms with Crippen molar-refractivity contribution in [3.63, 3.8) is 0 Å². The van der Waals surface area contributed by atoms with Gasteiger partial charge in [-0.15, -0.1) is 0 Å². The zero-order chi connectivity index (χ0) is 5.11. The van der Waals surface area contributed by atoms with Crippen LogP contribution in [0.1, 0.15) is 0 Å². The Balaban J connectivity index is 2.25. The maximum Gasteiger partial charge on any atom is 0.231 e. The Morgan fingerprint density at radius 1 is 1.29 bits per heavy atom. The number of hydrogen-bond donors (Lipinski definition) is 0. The second-order valence-electron chi connectivity index (χ2n) is 1.27. The summed E-state index contributed by atoms with van der Waals surface area (Å²) in [6, 6.07) is 0. The van der Waals surface area contributed by atoms with E-state index in [0.29, 0.717) is 6.79 Å². The van der Waals surface area contributed by atoms with E-state index in [2.05, 4.69) is 0 Å². The van der Waals surface area contributed by atoms with E-state index in [4.69, 9.17) is 21.3 Å². The molecule has 0 spiro atoms. The lowest BCUT2D eigenvalue weighted by molar-refractivity contribution is -0.0327. The molecule has 7 heavy (non-hydrogen) atoms. The van der Waals surface area contributed by atoms with E-state index in [0.717, 1.165) is 12.7 Å². The first-order valence-corrected chi connectivity index (χ1v) is 4.70. The predicted molar refractivity (Wildman–Crippen MR) is 31.1 cm³/mol. The molecular formula is C3H6O2PS+. The quantitative estimate of drug-likeness (QED) is 0.461. The van der Waals surface area contributed by atoms with E-state index in [1.54, 1.807) is 0 Å². The molecule has 0 radical (unpaired) electrons. The van der Waals surface area contributed by atoms with Gasteiger partial charge in [0.15, 0.2) is 18.6 Å². The molecule has 0 unspecified atom stereocenters. The molecule has 0 aromatic heterocycles. The number of hydrogen-bond acceptors (Lipinski definition) is 3. The van der Waals surface area contributed by atoms with Gasteiger partial charge in [0, 0.05) is 0 Å². The van der Waals surface area contributed by atoms with Crippen LogP contribution in [0.15, 0.2) is 0 Å². The molecule has 1 aliphatic heterocycles. The van der Waals surface area contributed by atoms with Crippen molar-refractivity contribution in [2.75, 3.05) is 19.5 Å². The van der Waals surface area contributed by atoms with E-state index < -0.39 is 0 Å². The van der Waals surface area contributed by atoms with Crippen LogP contribution in [-0.2, 0) is 21.3 Å². The van der Waals surface area contributed by atoms with Crippen LogP contribution in [-0.4, -0.2) is 19.5 Å². The van der Waals surface area contributed by atoms with Gasteiger partial charge in [-0.3, -0.25) is 0 Å². The normalized spacial score (nSPS) is 22.6. The summed E-state index contributed by atoms with van der Waals surface area (Å²) < 4.78 is 9.77. The van der Waals surface area contributed by atoms with Gasteiger partial charge in [-0.1, -0.05) is 0 Å². The molecule has 0 saturated carbocycles. The maximum absolute atomic E-state index is 4.90. The van der Waals surface area contributed by atoms with E-state index in [1.165, 1.54) is 0 Å². The summed E-state index contributed by atoms with van der Waals surface area (Å²) in [5.74, 6) is 0. The third kappa shape index (κ3) is 1.78. The van der Waals surface area contributed by atoms with E-state index in [-0.39, 0.29) is 6.70 Å². The van der Waals surface area contributed by atoms with Crippen LogP contribution >= 0.6 is 6.70 Å². The summed E-state index contributed by atoms with van der Waals surface area (Å²) in [7, 11) is 0. The summed E-state index contributed by atoms with van der Waals surface area (Å²) in [5.41, 5.74) is 0. The van der Waals surface area contributed by atoms with Gasteiger partial charge in [-0.2, -0.15) is 0 Å². The molecule has 1 aliphatic rings. The highest BCUT2D eigenvalue weighted by molar-refractivity contribution is 8.05. The molecule has 4 heteroatoms. The Labute approximate surface area is 48.2 Å². The smallest absolute Gasteiger partial charge is 0.231 e. The molecule has 0 N–H and O–H groups in total. The van der Waals surface area contributed by atoms with Crippen LogP contribution in [0.25, 0.3) is 0 Å². The highest BCUT2D eigenvalue weighted by Crippen LogP contribution is 2.23. The highest BCUT2D eigenvalue weighted by Gasteiger charge is 2.14. The molecule has 0 aromatic carbocycles. The van der Waals surface area contributed by atoms with Gasteiger partial charge in [-0.05, 0) is 0 Å². The van der Waals surface area contributed by atoms with Crippen LogP contribution in [0.4, 0.5) is 0 Å². The molecule has 40 valence electrons. The fourth-order valence-electron chi connectivity index (χ4n) is 0.374. The summed E-state index contributed by atoms with van der Waals surface area (Å²) >= 11 is 4.90. The molecule has 1 rings (SSSR count). The molecule has 0 aliphatic carbocycles. The lowest BCUT2D eigenvalue weighted by atomic mass is 11.3. The van der Waals surface area contributed by atoms with Gasteiger partial charge >= 0.3 is 0 Å². The first-order valence-electron chi connectivity index (χ1n) is 1.97. The summed E-state index contributed by atoms with van der Waals surface area (Å²) in [4.78, 5) is 0. The van der Waals surface area contributed by atoms with Crippen molar-refractivity contribution in [1.82, 2.24) is 0 Å². The molecule has 1 fully saturated rings. The predicted octanol–water partition coefficient (Wildman–Crippen LogP) is 0.849. The highest BCUT2D eigenvalue weighted by atomic mass is 32.4. The van der Waals surface area contributed by atoms with Gasteiger partial charge in [0.1, 0.15) is 0 Å². The van der Waals surface area contributed by atoms with Gasteiger partial charge in [0.2, 0.25) is 19.4 Å². The maximum atomic E-state index is 4.90. The third-order valence-corrected chi connectivity index (χ3v) is 2.21. The SMILES string of the molecule is S=[P+]1COCOC1. The summed E-state index contributed by atoms with van der Waals surface area (Å²) in [6.07, 6.45) is 1.48. The molecule has 0 aromatic rings. The van der Waals surface area contributed by atoms with Crippen LogP contribution in [0.2, 0.25) is 0 Å². The van der Waals surface area contributed by atoms with E-state index in [1.807, 2.05) is 0 Å². The first kappa shape index (κ1) is 5.57. The van der Waals surface area contributed by atoms with Gasteiger partial charge < -0.3 is 9.47 Å². The molecule has 0 atom stereocenters. The zero-order valence-corrected chi connectivity index (χ0v) is 5.50. The Morgan fingerprint density at radius 2 is 1.86 bits per heavy atom. The minimum Gasteiger partial charge on any atom is -0.312 e. The van der Waals surface area contributed by atoms with Crippen molar-refractivity contribution in [2.45, 2.75) is 0 Å². The van der Waals surface area contributed by atoms with Crippen LogP contribution in [0.5, 0.6) is 0 Å². The minimum atomic E-state index is -0.353. The Hall–Kier alpha value is 0.440. The van der Waals surface area contributed by atoms with Crippen LogP contribution in [0, 0.1) is 0 Å². The second kappa shape index (κ2) is 2.68. The first-order chi connectivity index (χ1) is 3.39. The Morgan fingerprint density at radius 3 is 2.14 bits per heavy atom. The van der Waals surface area contributed by atoms with Crippen molar-refractivity contribution >= 4 is 18.5 Å². The Kier molecular flexibility index (Phi) is 2.13. The second-order valence-corrected chi connectivity index (χ2v) is 4.30.